The van der Waals surface area contributed by atoms with Gasteiger partial charge in [0.1, 0.15) is 12.4 Å². The van der Waals surface area contributed by atoms with Gasteiger partial charge in [0, 0.05) is 37.3 Å². The minimum absolute atomic E-state index is 0.276. The topological polar surface area (TPSA) is 93.4 Å². The fourth-order valence-corrected chi connectivity index (χ4v) is 3.55. The number of nitrogens with two attached hydrogens (primary N) is 1. The number of rotatable bonds is 7. The van der Waals surface area contributed by atoms with Gasteiger partial charge in [-0.15, -0.1) is 0 Å². The SMILES string of the molecule is Cc1cc(C)cc(-c2cc(NC3CCN(CCOC=O)CC3)nc(N)n2)c1. The Hall–Kier alpha value is -2.67. The molecule has 0 unspecified atom stereocenters. The lowest BCUT2D eigenvalue weighted by molar-refractivity contribution is -0.129. The summed E-state index contributed by atoms with van der Waals surface area (Å²) in [6.07, 6.45) is 2.01. The molecule has 2 aromatic rings. The first-order chi connectivity index (χ1) is 13.0. The molecule has 1 aromatic carbocycles. The molecule has 1 aliphatic rings. The maximum absolute atomic E-state index is 10.2. The first kappa shape index (κ1) is 19.1. The van der Waals surface area contributed by atoms with Crippen molar-refractivity contribution in [2.75, 3.05) is 37.3 Å². The second-order valence-corrected chi connectivity index (χ2v) is 7.10. The number of nitrogens with one attached hydrogen (secondary N) is 1. The normalized spacial score (nSPS) is 15.5. The van der Waals surface area contributed by atoms with Gasteiger partial charge in [0.05, 0.1) is 5.69 Å². The Morgan fingerprint density at radius 3 is 2.56 bits per heavy atom. The summed E-state index contributed by atoms with van der Waals surface area (Å²) in [5, 5.41) is 3.50. The van der Waals surface area contributed by atoms with Gasteiger partial charge in [0.15, 0.2) is 0 Å². The number of hydrogen-bond donors (Lipinski definition) is 2. The van der Waals surface area contributed by atoms with Crippen LogP contribution in [0.3, 0.4) is 0 Å². The maximum Gasteiger partial charge on any atom is 0.293 e. The number of anilines is 2. The molecular formula is C20H27N5O2. The zero-order valence-electron chi connectivity index (χ0n) is 15.9. The van der Waals surface area contributed by atoms with Crippen molar-refractivity contribution in [3.8, 4) is 11.3 Å². The van der Waals surface area contributed by atoms with Crippen molar-refractivity contribution in [2.45, 2.75) is 32.7 Å². The second-order valence-electron chi connectivity index (χ2n) is 7.10. The summed E-state index contributed by atoms with van der Waals surface area (Å²) >= 11 is 0. The minimum atomic E-state index is 0.276. The lowest BCUT2D eigenvalue weighted by Gasteiger charge is -2.32. The van der Waals surface area contributed by atoms with Gasteiger partial charge in [-0.3, -0.25) is 9.69 Å². The number of aromatic nitrogens is 2. The molecule has 27 heavy (non-hydrogen) atoms. The Morgan fingerprint density at radius 1 is 1.19 bits per heavy atom. The van der Waals surface area contributed by atoms with Gasteiger partial charge in [-0.2, -0.15) is 4.98 Å². The number of likely N-dealkylation sites (tertiary alicyclic amines) is 1. The number of benzene rings is 1. The van der Waals surface area contributed by atoms with Gasteiger partial charge >= 0.3 is 0 Å². The van der Waals surface area contributed by atoms with Crippen molar-refractivity contribution in [1.29, 1.82) is 0 Å². The molecule has 144 valence electrons. The molecule has 3 rings (SSSR count). The Kier molecular flexibility index (Phi) is 6.24. The molecule has 3 N–H and O–H groups in total. The van der Waals surface area contributed by atoms with E-state index in [1.165, 1.54) is 11.1 Å². The molecule has 0 spiro atoms. The van der Waals surface area contributed by atoms with Crippen LogP contribution in [0.5, 0.6) is 0 Å². The summed E-state index contributed by atoms with van der Waals surface area (Å²) in [5.74, 6) is 1.04. The van der Waals surface area contributed by atoms with Crippen molar-refractivity contribution in [3.05, 3.63) is 35.4 Å². The zero-order valence-corrected chi connectivity index (χ0v) is 15.9. The zero-order chi connectivity index (χ0) is 19.2. The van der Waals surface area contributed by atoms with Gasteiger partial charge in [-0.1, -0.05) is 17.2 Å². The average molecular weight is 369 g/mol. The van der Waals surface area contributed by atoms with E-state index in [0.717, 1.165) is 49.6 Å². The Labute approximate surface area is 159 Å². The molecule has 0 aliphatic carbocycles. The minimum Gasteiger partial charge on any atom is -0.467 e. The highest BCUT2D eigenvalue weighted by molar-refractivity contribution is 5.65. The fraction of sp³-hybridized carbons (Fsp3) is 0.450. The monoisotopic (exact) mass is 369 g/mol. The molecule has 0 radical (unpaired) electrons. The van der Waals surface area contributed by atoms with Crippen LogP contribution in [0.25, 0.3) is 11.3 Å². The van der Waals surface area contributed by atoms with Crippen LogP contribution < -0.4 is 11.1 Å². The molecule has 2 heterocycles. The standard InChI is InChI=1S/C20H27N5O2/c1-14-9-15(2)11-16(10-14)18-12-19(24-20(21)23-18)22-17-3-5-25(6-4-17)7-8-27-13-26/h9-13,17H,3-8H2,1-2H3,(H3,21,22,23,24). The predicted octanol–water partition coefficient (Wildman–Crippen LogP) is 2.39. The lowest BCUT2D eigenvalue weighted by atomic mass is 10.0. The Morgan fingerprint density at radius 2 is 1.89 bits per heavy atom. The molecular weight excluding hydrogens is 342 g/mol. The molecule has 0 amide bonds. The summed E-state index contributed by atoms with van der Waals surface area (Å²) in [4.78, 5) is 21.3. The highest BCUT2D eigenvalue weighted by Crippen LogP contribution is 2.24. The van der Waals surface area contributed by atoms with Gasteiger partial charge in [-0.05, 0) is 38.8 Å². The number of nitrogen functional groups attached to an aromatic ring is 1. The molecule has 0 saturated carbocycles. The van der Waals surface area contributed by atoms with Crippen LogP contribution in [-0.2, 0) is 9.53 Å². The number of carbonyl (C=O) groups excluding carboxylic acids is 1. The molecule has 7 nitrogen and oxygen atoms in total. The Bertz CT molecular complexity index is 768. The van der Waals surface area contributed by atoms with Crippen molar-refractivity contribution < 1.29 is 9.53 Å². The van der Waals surface area contributed by atoms with E-state index < -0.39 is 0 Å². The van der Waals surface area contributed by atoms with Gasteiger partial charge in [0.25, 0.3) is 6.47 Å². The summed E-state index contributed by atoms with van der Waals surface area (Å²) in [5.41, 5.74) is 10.2. The average Bonchev–Trinajstić information content (AvgIpc) is 2.62. The largest absolute Gasteiger partial charge is 0.467 e. The lowest BCUT2D eigenvalue weighted by Crippen LogP contribution is -2.40. The number of hydrogen-bond acceptors (Lipinski definition) is 7. The van der Waals surface area contributed by atoms with E-state index in [1.807, 2.05) is 6.07 Å². The summed E-state index contributed by atoms with van der Waals surface area (Å²) in [7, 11) is 0. The maximum atomic E-state index is 10.2. The van der Waals surface area contributed by atoms with Crippen LogP contribution in [0, 0.1) is 13.8 Å². The van der Waals surface area contributed by atoms with E-state index in [2.05, 4.69) is 52.2 Å². The number of aryl methyl sites for hydroxylation is 2. The van der Waals surface area contributed by atoms with Crippen LogP contribution in [0.4, 0.5) is 11.8 Å². The smallest absolute Gasteiger partial charge is 0.293 e. The summed E-state index contributed by atoms with van der Waals surface area (Å²) in [6, 6.07) is 8.67. The van der Waals surface area contributed by atoms with E-state index in [0.29, 0.717) is 19.1 Å². The first-order valence-electron chi connectivity index (χ1n) is 9.31. The molecule has 1 saturated heterocycles. The first-order valence-corrected chi connectivity index (χ1v) is 9.31. The second kappa shape index (κ2) is 8.81. The van der Waals surface area contributed by atoms with Crippen LogP contribution in [0.15, 0.2) is 24.3 Å². The van der Waals surface area contributed by atoms with Gasteiger partial charge < -0.3 is 15.8 Å². The summed E-state index contributed by atoms with van der Waals surface area (Å²) in [6.45, 7) is 7.81. The van der Waals surface area contributed by atoms with Crippen LogP contribution in [-0.4, -0.2) is 53.6 Å². The fourth-order valence-electron chi connectivity index (χ4n) is 3.55. The quantitative estimate of drug-likeness (QED) is 0.572. The number of piperidine rings is 1. The van der Waals surface area contributed by atoms with E-state index >= 15 is 0 Å². The summed E-state index contributed by atoms with van der Waals surface area (Å²) < 4.78 is 4.78. The van der Waals surface area contributed by atoms with E-state index in [9.17, 15) is 4.79 Å². The third kappa shape index (κ3) is 5.40. The molecule has 0 bridgehead atoms. The Balaban J connectivity index is 1.64. The van der Waals surface area contributed by atoms with Crippen molar-refractivity contribution in [2.24, 2.45) is 0 Å². The molecule has 1 aromatic heterocycles. The van der Waals surface area contributed by atoms with Crippen molar-refractivity contribution in [3.63, 3.8) is 0 Å². The molecule has 1 aliphatic heterocycles. The van der Waals surface area contributed by atoms with Gasteiger partial charge in [-0.25, -0.2) is 4.98 Å². The van der Waals surface area contributed by atoms with E-state index in [-0.39, 0.29) is 5.95 Å². The number of nitrogens with zero attached hydrogens (tertiary/aromatic N) is 3. The number of carbonyl (C=O) groups is 1. The van der Waals surface area contributed by atoms with E-state index in [1.54, 1.807) is 0 Å². The highest BCUT2D eigenvalue weighted by atomic mass is 16.5. The molecule has 0 atom stereocenters. The van der Waals surface area contributed by atoms with Crippen molar-refractivity contribution in [1.82, 2.24) is 14.9 Å². The number of ether oxygens (including phenoxy) is 1. The highest BCUT2D eigenvalue weighted by Gasteiger charge is 2.19. The van der Waals surface area contributed by atoms with E-state index in [4.69, 9.17) is 10.5 Å². The third-order valence-corrected chi connectivity index (χ3v) is 4.79. The predicted molar refractivity (Wildman–Crippen MR) is 106 cm³/mol. The molecule has 7 heteroatoms. The molecule has 1 fully saturated rings. The van der Waals surface area contributed by atoms with Crippen LogP contribution in [0.2, 0.25) is 0 Å². The van der Waals surface area contributed by atoms with Crippen LogP contribution in [0.1, 0.15) is 24.0 Å². The van der Waals surface area contributed by atoms with Crippen molar-refractivity contribution >= 4 is 18.2 Å². The van der Waals surface area contributed by atoms with Gasteiger partial charge in [0.2, 0.25) is 5.95 Å². The third-order valence-electron chi connectivity index (χ3n) is 4.79. The van der Waals surface area contributed by atoms with Crippen LogP contribution >= 0.6 is 0 Å².